The fourth-order valence-corrected chi connectivity index (χ4v) is 2.47. The van der Waals surface area contributed by atoms with Gasteiger partial charge in [-0.15, -0.1) is 0 Å². The van der Waals surface area contributed by atoms with E-state index in [4.69, 9.17) is 5.26 Å². The van der Waals surface area contributed by atoms with Crippen LogP contribution in [0.5, 0.6) is 0 Å². The first-order valence-corrected chi connectivity index (χ1v) is 6.76. The predicted octanol–water partition coefficient (Wildman–Crippen LogP) is 1.85. The van der Waals surface area contributed by atoms with Gasteiger partial charge in [-0.3, -0.25) is 9.69 Å². The first kappa shape index (κ1) is 14.5. The maximum Gasteiger partial charge on any atom is 0.251 e. The molecule has 2 rings (SSSR count). The normalized spacial score (nSPS) is 16.6. The highest BCUT2D eigenvalue weighted by Crippen LogP contribution is 2.12. The summed E-state index contributed by atoms with van der Waals surface area (Å²) >= 11 is 0. The lowest BCUT2D eigenvalue weighted by Crippen LogP contribution is -2.44. The molecule has 0 radical (unpaired) electrons. The topological polar surface area (TPSA) is 56.1 Å². The molecule has 0 aromatic heterocycles. The van der Waals surface area contributed by atoms with Gasteiger partial charge in [-0.25, -0.2) is 4.39 Å². The Kier molecular flexibility index (Phi) is 4.70. The molecule has 0 bridgehead atoms. The second-order valence-corrected chi connectivity index (χ2v) is 5.20. The van der Waals surface area contributed by atoms with E-state index in [0.717, 1.165) is 31.5 Å². The van der Waals surface area contributed by atoms with Crippen LogP contribution in [0.25, 0.3) is 0 Å². The minimum absolute atomic E-state index is 0.0982. The average molecular weight is 275 g/mol. The average Bonchev–Trinajstić information content (AvgIpc) is 2.40. The van der Waals surface area contributed by atoms with E-state index in [1.54, 1.807) is 13.0 Å². The number of carbonyl (C=O) groups excluding carboxylic acids is 1. The van der Waals surface area contributed by atoms with Gasteiger partial charge < -0.3 is 5.32 Å². The zero-order valence-corrected chi connectivity index (χ0v) is 11.5. The molecule has 1 saturated heterocycles. The summed E-state index contributed by atoms with van der Waals surface area (Å²) in [5.74, 6) is -0.620. The van der Waals surface area contributed by atoms with Crippen molar-refractivity contribution >= 4 is 5.91 Å². The van der Waals surface area contributed by atoms with Crippen molar-refractivity contribution in [1.29, 1.82) is 5.26 Å². The third kappa shape index (κ3) is 3.78. The van der Waals surface area contributed by atoms with Crippen molar-refractivity contribution in [1.82, 2.24) is 10.2 Å². The van der Waals surface area contributed by atoms with Gasteiger partial charge in [0.1, 0.15) is 5.82 Å². The fourth-order valence-electron chi connectivity index (χ4n) is 2.47. The highest BCUT2D eigenvalue weighted by Gasteiger charge is 2.21. The largest absolute Gasteiger partial charge is 0.349 e. The van der Waals surface area contributed by atoms with Crippen molar-refractivity contribution < 1.29 is 9.18 Å². The Hall–Kier alpha value is -1.93. The van der Waals surface area contributed by atoms with Crippen LogP contribution in [0.3, 0.4) is 0 Å². The number of benzene rings is 1. The van der Waals surface area contributed by atoms with Crippen molar-refractivity contribution in [3.63, 3.8) is 0 Å². The highest BCUT2D eigenvalue weighted by atomic mass is 19.1. The molecule has 1 N–H and O–H groups in total. The van der Waals surface area contributed by atoms with Crippen molar-refractivity contribution in [2.45, 2.75) is 25.8 Å². The summed E-state index contributed by atoms with van der Waals surface area (Å²) in [5.41, 5.74) is 1.10. The van der Waals surface area contributed by atoms with E-state index >= 15 is 0 Å². The van der Waals surface area contributed by atoms with E-state index < -0.39 is 0 Å². The van der Waals surface area contributed by atoms with Gasteiger partial charge in [-0.05, 0) is 43.5 Å². The van der Waals surface area contributed by atoms with Gasteiger partial charge in [0, 0.05) is 24.7 Å². The number of nitrogens with one attached hydrogen (secondary N) is 1. The Balaban J connectivity index is 1.91. The lowest BCUT2D eigenvalue weighted by atomic mass is 10.0. The van der Waals surface area contributed by atoms with Crippen molar-refractivity contribution in [3.8, 4) is 6.07 Å². The number of nitriles is 1. The number of aryl methyl sites for hydroxylation is 1. The summed E-state index contributed by atoms with van der Waals surface area (Å²) in [6.45, 7) is 3.81. The quantitative estimate of drug-likeness (QED) is 0.857. The maximum atomic E-state index is 13.3. The summed E-state index contributed by atoms with van der Waals surface area (Å²) in [5, 5.41) is 11.6. The third-order valence-corrected chi connectivity index (χ3v) is 3.52. The molecular weight excluding hydrogens is 257 g/mol. The Bertz CT molecular complexity index is 510. The molecule has 1 heterocycles. The van der Waals surface area contributed by atoms with Gasteiger partial charge >= 0.3 is 0 Å². The standard InChI is InChI=1S/C15H18FN3O/c1-11-8-12(10-13(16)9-11)15(20)18-14-2-5-19(6-3-14)7-4-17/h8-10,14H,2-3,5-7H2,1H3,(H,18,20). The minimum atomic E-state index is -0.390. The summed E-state index contributed by atoms with van der Waals surface area (Å²) in [7, 11) is 0. The van der Waals surface area contributed by atoms with E-state index in [-0.39, 0.29) is 17.8 Å². The number of hydrogen-bond acceptors (Lipinski definition) is 3. The summed E-state index contributed by atoms with van der Waals surface area (Å²) in [6, 6.07) is 6.57. The second-order valence-electron chi connectivity index (χ2n) is 5.20. The predicted molar refractivity (Wildman–Crippen MR) is 73.7 cm³/mol. The van der Waals surface area contributed by atoms with Gasteiger partial charge in [0.25, 0.3) is 5.91 Å². The molecule has 1 aliphatic rings. The molecule has 5 heteroatoms. The molecular formula is C15H18FN3O. The highest BCUT2D eigenvalue weighted by molar-refractivity contribution is 5.94. The smallest absolute Gasteiger partial charge is 0.251 e. The van der Waals surface area contributed by atoms with Crippen molar-refractivity contribution in [2.24, 2.45) is 0 Å². The van der Waals surface area contributed by atoms with E-state index in [1.807, 2.05) is 0 Å². The first-order chi connectivity index (χ1) is 9.58. The first-order valence-electron chi connectivity index (χ1n) is 6.76. The molecule has 0 unspecified atom stereocenters. The number of nitrogens with zero attached hydrogens (tertiary/aromatic N) is 2. The lowest BCUT2D eigenvalue weighted by molar-refractivity contribution is 0.0914. The lowest BCUT2D eigenvalue weighted by Gasteiger charge is -2.30. The van der Waals surface area contributed by atoms with E-state index in [0.29, 0.717) is 12.1 Å². The molecule has 0 saturated carbocycles. The molecule has 1 aromatic rings. The molecule has 4 nitrogen and oxygen atoms in total. The van der Waals surface area contributed by atoms with Gasteiger partial charge in [-0.2, -0.15) is 5.26 Å². The summed E-state index contributed by atoms with van der Waals surface area (Å²) in [4.78, 5) is 14.1. The Morgan fingerprint density at radius 1 is 1.45 bits per heavy atom. The SMILES string of the molecule is Cc1cc(F)cc(C(=O)NC2CCN(CC#N)CC2)c1. The Labute approximate surface area is 118 Å². The Morgan fingerprint density at radius 2 is 2.15 bits per heavy atom. The molecule has 1 aliphatic heterocycles. The van der Waals surface area contributed by atoms with Crippen LogP contribution in [-0.4, -0.2) is 36.5 Å². The van der Waals surface area contributed by atoms with E-state index in [2.05, 4.69) is 16.3 Å². The molecule has 0 atom stereocenters. The van der Waals surface area contributed by atoms with Crippen LogP contribution in [0.4, 0.5) is 4.39 Å². The number of rotatable bonds is 3. The molecule has 0 aliphatic carbocycles. The molecule has 1 aromatic carbocycles. The number of halogens is 1. The maximum absolute atomic E-state index is 13.3. The van der Waals surface area contributed by atoms with E-state index in [1.165, 1.54) is 12.1 Å². The van der Waals surface area contributed by atoms with Crippen molar-refractivity contribution in [3.05, 3.63) is 35.1 Å². The minimum Gasteiger partial charge on any atom is -0.349 e. The number of hydrogen-bond donors (Lipinski definition) is 1. The third-order valence-electron chi connectivity index (χ3n) is 3.52. The van der Waals surface area contributed by atoms with Crippen molar-refractivity contribution in [2.75, 3.05) is 19.6 Å². The Morgan fingerprint density at radius 3 is 2.75 bits per heavy atom. The van der Waals surface area contributed by atoms with Gasteiger partial charge in [0.2, 0.25) is 0 Å². The number of carbonyl (C=O) groups is 1. The second kappa shape index (κ2) is 6.49. The molecule has 20 heavy (non-hydrogen) atoms. The number of piperidine rings is 1. The van der Waals surface area contributed by atoms with Crippen LogP contribution >= 0.6 is 0 Å². The van der Waals surface area contributed by atoms with E-state index in [9.17, 15) is 9.18 Å². The van der Waals surface area contributed by atoms with Crippen LogP contribution in [0.1, 0.15) is 28.8 Å². The van der Waals surface area contributed by atoms with Crippen LogP contribution < -0.4 is 5.32 Å². The molecule has 106 valence electrons. The number of likely N-dealkylation sites (tertiary alicyclic amines) is 1. The van der Waals surface area contributed by atoms with Gasteiger partial charge in [0.05, 0.1) is 12.6 Å². The van der Waals surface area contributed by atoms with Crippen LogP contribution in [0, 0.1) is 24.1 Å². The van der Waals surface area contributed by atoms with Crippen LogP contribution in [0.15, 0.2) is 18.2 Å². The molecule has 0 spiro atoms. The molecule has 1 amide bonds. The van der Waals surface area contributed by atoms with Gasteiger partial charge in [0.15, 0.2) is 0 Å². The zero-order chi connectivity index (χ0) is 14.5. The van der Waals surface area contributed by atoms with Crippen LogP contribution in [0.2, 0.25) is 0 Å². The summed E-state index contributed by atoms with van der Waals surface area (Å²) < 4.78 is 13.3. The van der Waals surface area contributed by atoms with Gasteiger partial charge in [-0.1, -0.05) is 0 Å². The van der Waals surface area contributed by atoms with Crippen LogP contribution in [-0.2, 0) is 0 Å². The fraction of sp³-hybridized carbons (Fsp3) is 0.467. The molecule has 1 fully saturated rings. The summed E-state index contributed by atoms with van der Waals surface area (Å²) in [6.07, 6.45) is 1.64. The number of amides is 1. The monoisotopic (exact) mass is 275 g/mol. The zero-order valence-electron chi connectivity index (χ0n) is 11.5.